The Labute approximate surface area is 151 Å². The first-order valence-corrected chi connectivity index (χ1v) is 8.73. The molecule has 1 unspecified atom stereocenters. The maximum atomic E-state index is 8.64. The molecule has 1 aromatic carbocycles. The molecule has 1 atom stereocenters. The second-order valence-electron chi connectivity index (χ2n) is 5.76. The van der Waals surface area contributed by atoms with Crippen molar-refractivity contribution in [3.8, 4) is 5.75 Å². The van der Waals surface area contributed by atoms with Gasteiger partial charge in [0.2, 0.25) is 0 Å². The van der Waals surface area contributed by atoms with E-state index < -0.39 is 0 Å². The fourth-order valence-corrected chi connectivity index (χ4v) is 4.09. The van der Waals surface area contributed by atoms with Crippen molar-refractivity contribution in [3.05, 3.63) is 58.0 Å². The second-order valence-corrected chi connectivity index (χ2v) is 6.89. The van der Waals surface area contributed by atoms with E-state index in [-0.39, 0.29) is 5.50 Å². The zero-order valence-electron chi connectivity index (χ0n) is 14.7. The molecule has 1 saturated heterocycles. The highest BCUT2D eigenvalue weighted by Gasteiger charge is 2.35. The number of hydrogen-bond acceptors (Lipinski definition) is 6. The van der Waals surface area contributed by atoms with Gasteiger partial charge in [0, 0.05) is 23.0 Å². The summed E-state index contributed by atoms with van der Waals surface area (Å²) in [5.74, 6) is 1.96. The van der Waals surface area contributed by atoms with Gasteiger partial charge in [-0.05, 0) is 38.1 Å². The van der Waals surface area contributed by atoms with Crippen LogP contribution in [0.3, 0.4) is 0 Å². The van der Waals surface area contributed by atoms with E-state index in [4.69, 9.17) is 20.6 Å². The molecule has 0 spiro atoms. The summed E-state index contributed by atoms with van der Waals surface area (Å²) in [6.45, 7) is 3.97. The molecule has 0 aromatic heterocycles. The number of nitrogens with two attached hydrogens (primary N) is 1. The van der Waals surface area contributed by atoms with Crippen LogP contribution in [0.4, 0.5) is 5.69 Å². The Morgan fingerprint density at radius 1 is 1.16 bits per heavy atom. The van der Waals surface area contributed by atoms with Crippen LogP contribution in [0.2, 0.25) is 0 Å². The fourth-order valence-electron chi connectivity index (χ4n) is 2.98. The molecule has 0 bridgehead atoms. The van der Waals surface area contributed by atoms with Crippen LogP contribution in [0, 0.1) is 5.41 Å². The summed E-state index contributed by atoms with van der Waals surface area (Å²) in [5, 5.41) is 11.9. The zero-order valence-corrected chi connectivity index (χ0v) is 15.5. The Balaban J connectivity index is 1.98. The fraction of sp³-hybridized carbons (Fsp3) is 0.278. The number of nitrogens with zero attached hydrogens (tertiary/aromatic N) is 1. The summed E-state index contributed by atoms with van der Waals surface area (Å²) in [7, 11) is 3.29. The first kappa shape index (κ1) is 17.4. The third kappa shape index (κ3) is 3.01. The van der Waals surface area contributed by atoms with Crippen molar-refractivity contribution in [3.63, 3.8) is 0 Å². The Kier molecular flexibility index (Phi) is 4.78. The van der Waals surface area contributed by atoms with E-state index in [0.717, 1.165) is 38.9 Å². The topological polar surface area (TPSA) is 83.6 Å². The molecule has 4 N–H and O–H groups in total. The third-order valence-corrected chi connectivity index (χ3v) is 5.32. The molecule has 1 fully saturated rings. The van der Waals surface area contributed by atoms with Gasteiger partial charge in [-0.15, -0.1) is 0 Å². The van der Waals surface area contributed by atoms with Crippen molar-refractivity contribution in [2.75, 3.05) is 19.1 Å². The van der Waals surface area contributed by atoms with Gasteiger partial charge in [-0.2, -0.15) is 0 Å². The number of nitrogens with one attached hydrogen (secondary N) is 2. The van der Waals surface area contributed by atoms with Crippen molar-refractivity contribution in [2.45, 2.75) is 19.3 Å². The molecule has 3 rings (SSSR count). The zero-order chi connectivity index (χ0) is 18.1. The van der Waals surface area contributed by atoms with Crippen molar-refractivity contribution in [1.82, 2.24) is 5.32 Å². The lowest BCUT2D eigenvalue weighted by Gasteiger charge is -2.23. The molecule has 2 heterocycles. The summed E-state index contributed by atoms with van der Waals surface area (Å²) in [5.41, 5.74) is 9.65. The van der Waals surface area contributed by atoms with Crippen molar-refractivity contribution in [2.24, 2.45) is 5.73 Å². The quantitative estimate of drug-likeness (QED) is 0.770. The Bertz CT molecular complexity index is 796. The van der Waals surface area contributed by atoms with Gasteiger partial charge in [0.05, 0.1) is 24.8 Å². The standard InChI is InChI=1S/C18H22N4O2S/c1-10-9-21-14(11(2)15(10)24-4)16-17(19)22(18(20)25-16)12-5-7-13(23-3)8-6-12/h5-9,18-19,21H,20H2,1-4H3. The van der Waals surface area contributed by atoms with Crippen LogP contribution in [0.1, 0.15) is 13.8 Å². The van der Waals surface area contributed by atoms with E-state index >= 15 is 0 Å². The normalized spacial score (nSPS) is 23.6. The SMILES string of the molecule is COC1=C(C)C(=C2SC(N)N(c3ccc(OC)cc3)C2=N)NC=C1C. The molecule has 7 heteroatoms. The number of allylic oxidation sites excluding steroid dienone is 2. The van der Waals surface area contributed by atoms with Crippen LogP contribution >= 0.6 is 11.8 Å². The van der Waals surface area contributed by atoms with Gasteiger partial charge in [0.15, 0.2) is 0 Å². The molecule has 0 amide bonds. The average molecular weight is 358 g/mol. The van der Waals surface area contributed by atoms with Gasteiger partial charge >= 0.3 is 0 Å². The number of hydrogen-bond donors (Lipinski definition) is 3. The third-order valence-electron chi connectivity index (χ3n) is 4.24. The lowest BCUT2D eigenvalue weighted by atomic mass is 10.0. The summed E-state index contributed by atoms with van der Waals surface area (Å²) >= 11 is 1.46. The molecule has 0 aliphatic carbocycles. The highest BCUT2D eigenvalue weighted by Crippen LogP contribution is 2.40. The minimum Gasteiger partial charge on any atom is -0.497 e. The molecule has 2 aliphatic rings. The van der Waals surface area contributed by atoms with Gasteiger partial charge in [-0.1, -0.05) is 11.8 Å². The first-order chi connectivity index (χ1) is 12.0. The van der Waals surface area contributed by atoms with E-state index in [9.17, 15) is 0 Å². The Hall–Kier alpha value is -2.38. The van der Waals surface area contributed by atoms with Crippen LogP contribution in [-0.4, -0.2) is 25.6 Å². The molecular formula is C18H22N4O2S. The molecule has 0 radical (unpaired) electrons. The van der Waals surface area contributed by atoms with Gasteiger partial charge in [0.1, 0.15) is 22.8 Å². The second kappa shape index (κ2) is 6.85. The maximum absolute atomic E-state index is 8.64. The van der Waals surface area contributed by atoms with Crippen LogP contribution in [-0.2, 0) is 4.74 Å². The molecule has 25 heavy (non-hydrogen) atoms. The van der Waals surface area contributed by atoms with Gasteiger partial charge in [-0.25, -0.2) is 0 Å². The number of amidine groups is 1. The molecule has 1 aromatic rings. The number of benzene rings is 1. The summed E-state index contributed by atoms with van der Waals surface area (Å²) < 4.78 is 10.7. The number of rotatable bonds is 3. The van der Waals surface area contributed by atoms with Gasteiger partial charge in [-0.3, -0.25) is 5.41 Å². The van der Waals surface area contributed by atoms with E-state index in [2.05, 4.69) is 5.32 Å². The highest BCUT2D eigenvalue weighted by molar-refractivity contribution is 8.05. The monoisotopic (exact) mass is 358 g/mol. The summed E-state index contributed by atoms with van der Waals surface area (Å²) in [4.78, 5) is 2.61. The molecule has 132 valence electrons. The van der Waals surface area contributed by atoms with E-state index in [1.807, 2.05) is 44.3 Å². The summed E-state index contributed by atoms with van der Waals surface area (Å²) in [6, 6.07) is 7.54. The van der Waals surface area contributed by atoms with Crippen LogP contribution in [0.25, 0.3) is 0 Å². The van der Waals surface area contributed by atoms with Gasteiger partial charge in [0.25, 0.3) is 0 Å². The largest absolute Gasteiger partial charge is 0.497 e. The first-order valence-electron chi connectivity index (χ1n) is 7.85. The molecule has 2 aliphatic heterocycles. The highest BCUT2D eigenvalue weighted by atomic mass is 32.2. The number of anilines is 1. The van der Waals surface area contributed by atoms with Crippen molar-refractivity contribution < 1.29 is 9.47 Å². The smallest absolute Gasteiger partial charge is 0.143 e. The van der Waals surface area contributed by atoms with Crippen molar-refractivity contribution >= 4 is 23.3 Å². The van der Waals surface area contributed by atoms with Crippen LogP contribution in [0.5, 0.6) is 5.75 Å². The van der Waals surface area contributed by atoms with Crippen molar-refractivity contribution in [1.29, 1.82) is 5.41 Å². The van der Waals surface area contributed by atoms with E-state index in [0.29, 0.717) is 5.84 Å². The molecule has 6 nitrogen and oxygen atoms in total. The minimum absolute atomic E-state index is 0.365. The maximum Gasteiger partial charge on any atom is 0.143 e. The Morgan fingerprint density at radius 3 is 2.44 bits per heavy atom. The predicted octanol–water partition coefficient (Wildman–Crippen LogP) is 3.11. The summed E-state index contributed by atoms with van der Waals surface area (Å²) in [6.07, 6.45) is 1.89. The molecule has 0 saturated carbocycles. The van der Waals surface area contributed by atoms with E-state index in [1.54, 1.807) is 19.1 Å². The minimum atomic E-state index is -0.365. The number of dihydropyridines is 1. The molecular weight excluding hydrogens is 336 g/mol. The number of ether oxygens (including phenoxy) is 2. The van der Waals surface area contributed by atoms with Gasteiger partial charge < -0.3 is 25.4 Å². The number of thioether (sulfide) groups is 1. The lowest BCUT2D eigenvalue weighted by molar-refractivity contribution is 0.295. The predicted molar refractivity (Wildman–Crippen MR) is 102 cm³/mol. The Morgan fingerprint density at radius 2 is 1.84 bits per heavy atom. The lowest BCUT2D eigenvalue weighted by Crippen LogP contribution is -2.37. The van der Waals surface area contributed by atoms with Crippen LogP contribution < -0.4 is 20.7 Å². The average Bonchev–Trinajstić information content (AvgIpc) is 2.90. The van der Waals surface area contributed by atoms with Crippen LogP contribution in [0.15, 0.2) is 58.0 Å². The van der Waals surface area contributed by atoms with E-state index in [1.165, 1.54) is 11.8 Å². The number of methoxy groups -OCH3 is 2.